The number of nitrogen functional groups attached to an aromatic ring is 1. The van der Waals surface area contributed by atoms with Gasteiger partial charge in [-0.2, -0.15) is 0 Å². The number of nitrogens with zero attached hydrogens (tertiary/aromatic N) is 1. The number of carbonyl (C=O) groups excluding carboxylic acids is 1. The lowest BCUT2D eigenvalue weighted by molar-refractivity contribution is 0.0575. The van der Waals surface area contributed by atoms with Gasteiger partial charge in [0.1, 0.15) is 0 Å². The van der Waals surface area contributed by atoms with Crippen molar-refractivity contribution < 1.29 is 9.53 Å². The zero-order valence-corrected chi connectivity index (χ0v) is 11.3. The predicted molar refractivity (Wildman–Crippen MR) is 71.8 cm³/mol. The molecule has 1 heterocycles. The molecule has 0 aromatic heterocycles. The van der Waals surface area contributed by atoms with E-state index in [1.807, 2.05) is 6.92 Å². The van der Waals surface area contributed by atoms with Crippen LogP contribution < -0.4 is 5.73 Å². The van der Waals surface area contributed by atoms with E-state index in [0.717, 1.165) is 6.42 Å². The Morgan fingerprint density at radius 1 is 1.56 bits per heavy atom. The van der Waals surface area contributed by atoms with Crippen LogP contribution in [0.15, 0.2) is 18.2 Å². The summed E-state index contributed by atoms with van der Waals surface area (Å²) in [6.45, 7) is 2.65. The van der Waals surface area contributed by atoms with Crippen LogP contribution >= 0.6 is 11.6 Å². The van der Waals surface area contributed by atoms with Crippen LogP contribution in [0.3, 0.4) is 0 Å². The molecule has 1 aromatic rings. The van der Waals surface area contributed by atoms with Crippen molar-refractivity contribution in [1.29, 1.82) is 0 Å². The molecule has 1 aliphatic rings. The molecule has 1 fully saturated rings. The molecule has 18 heavy (non-hydrogen) atoms. The fourth-order valence-electron chi connectivity index (χ4n) is 2.32. The number of halogens is 1. The molecule has 4 nitrogen and oxygen atoms in total. The summed E-state index contributed by atoms with van der Waals surface area (Å²) < 4.78 is 5.47. The van der Waals surface area contributed by atoms with Crippen molar-refractivity contribution in [2.75, 3.05) is 19.4 Å². The number of hydrogen-bond acceptors (Lipinski definition) is 3. The molecule has 1 aliphatic heterocycles. The van der Waals surface area contributed by atoms with Gasteiger partial charge in [0.25, 0.3) is 5.91 Å². The van der Waals surface area contributed by atoms with Gasteiger partial charge in [-0.25, -0.2) is 0 Å². The summed E-state index contributed by atoms with van der Waals surface area (Å²) in [5.41, 5.74) is 6.61. The minimum atomic E-state index is -0.152. The SMILES string of the molecule is CC1OCCC1N(C)C(=O)c1c(N)cccc1Cl. The molecule has 0 radical (unpaired) electrons. The Kier molecular flexibility index (Phi) is 3.78. The third kappa shape index (κ3) is 2.31. The molecular weight excluding hydrogens is 252 g/mol. The van der Waals surface area contributed by atoms with Gasteiger partial charge in [0, 0.05) is 19.3 Å². The summed E-state index contributed by atoms with van der Waals surface area (Å²) in [7, 11) is 1.76. The van der Waals surface area contributed by atoms with Gasteiger partial charge in [0.05, 0.1) is 22.7 Å². The maximum atomic E-state index is 12.4. The smallest absolute Gasteiger partial charge is 0.257 e. The first kappa shape index (κ1) is 13.2. The van der Waals surface area contributed by atoms with E-state index in [4.69, 9.17) is 22.1 Å². The molecule has 1 saturated heterocycles. The standard InChI is InChI=1S/C13H17ClN2O2/c1-8-11(6-7-18-8)16(2)13(17)12-9(14)4-3-5-10(12)15/h3-5,8,11H,6-7,15H2,1-2H3. The van der Waals surface area contributed by atoms with Gasteiger partial charge in [0.15, 0.2) is 0 Å². The average Bonchev–Trinajstić information content (AvgIpc) is 2.74. The number of ether oxygens (including phenoxy) is 1. The number of anilines is 1. The van der Waals surface area contributed by atoms with Gasteiger partial charge >= 0.3 is 0 Å². The molecule has 0 aliphatic carbocycles. The van der Waals surface area contributed by atoms with Crippen LogP contribution in [0.5, 0.6) is 0 Å². The fraction of sp³-hybridized carbons (Fsp3) is 0.462. The molecule has 98 valence electrons. The molecule has 1 amide bonds. The van der Waals surface area contributed by atoms with E-state index < -0.39 is 0 Å². The second kappa shape index (κ2) is 5.16. The minimum Gasteiger partial charge on any atom is -0.398 e. The van der Waals surface area contributed by atoms with Crippen LogP contribution in [-0.2, 0) is 4.74 Å². The first-order chi connectivity index (χ1) is 8.52. The molecule has 2 N–H and O–H groups in total. The van der Waals surface area contributed by atoms with Crippen LogP contribution in [0.4, 0.5) is 5.69 Å². The second-order valence-electron chi connectivity index (χ2n) is 4.55. The number of amides is 1. The second-order valence-corrected chi connectivity index (χ2v) is 4.96. The fourth-order valence-corrected chi connectivity index (χ4v) is 2.59. The lowest BCUT2D eigenvalue weighted by Crippen LogP contribution is -2.41. The van der Waals surface area contributed by atoms with Crippen LogP contribution in [0, 0.1) is 0 Å². The number of carbonyl (C=O) groups is 1. The van der Waals surface area contributed by atoms with Crippen molar-refractivity contribution in [2.24, 2.45) is 0 Å². The highest BCUT2D eigenvalue weighted by molar-refractivity contribution is 6.34. The Morgan fingerprint density at radius 2 is 2.28 bits per heavy atom. The quantitative estimate of drug-likeness (QED) is 0.837. The number of rotatable bonds is 2. The van der Waals surface area contributed by atoms with E-state index in [9.17, 15) is 4.79 Å². The minimum absolute atomic E-state index is 0.0441. The molecule has 0 spiro atoms. The summed E-state index contributed by atoms with van der Waals surface area (Å²) in [6.07, 6.45) is 0.885. The Bertz CT molecular complexity index is 444. The maximum absolute atomic E-state index is 12.4. The summed E-state index contributed by atoms with van der Waals surface area (Å²) in [4.78, 5) is 14.1. The first-order valence-corrected chi connectivity index (χ1v) is 6.33. The van der Waals surface area contributed by atoms with E-state index in [1.165, 1.54) is 0 Å². The Balaban J connectivity index is 2.26. The number of nitrogens with two attached hydrogens (primary N) is 1. The average molecular weight is 269 g/mol. The summed E-state index contributed by atoms with van der Waals surface area (Å²) in [6, 6.07) is 5.17. The Hall–Kier alpha value is -1.26. The highest BCUT2D eigenvalue weighted by atomic mass is 35.5. The van der Waals surface area contributed by atoms with Gasteiger partial charge in [0.2, 0.25) is 0 Å². The van der Waals surface area contributed by atoms with Crippen molar-refractivity contribution in [3.05, 3.63) is 28.8 Å². The maximum Gasteiger partial charge on any atom is 0.257 e. The van der Waals surface area contributed by atoms with Gasteiger partial charge in [-0.3, -0.25) is 4.79 Å². The molecule has 0 bridgehead atoms. The molecule has 0 saturated carbocycles. The van der Waals surface area contributed by atoms with Crippen LogP contribution in [-0.4, -0.2) is 36.6 Å². The molecule has 2 unspecified atom stereocenters. The van der Waals surface area contributed by atoms with Crippen molar-refractivity contribution in [3.8, 4) is 0 Å². The lowest BCUT2D eigenvalue weighted by Gasteiger charge is -2.27. The Labute approximate surface area is 112 Å². The van der Waals surface area contributed by atoms with Crippen molar-refractivity contribution >= 4 is 23.2 Å². The van der Waals surface area contributed by atoms with Crippen LogP contribution in [0.2, 0.25) is 5.02 Å². The summed E-state index contributed by atoms with van der Waals surface area (Å²) in [5, 5.41) is 0.387. The molecule has 2 rings (SSSR count). The van der Waals surface area contributed by atoms with Gasteiger partial charge in [-0.15, -0.1) is 0 Å². The molecule has 1 aromatic carbocycles. The van der Waals surface area contributed by atoms with Gasteiger partial charge < -0.3 is 15.4 Å². The summed E-state index contributed by atoms with van der Waals surface area (Å²) >= 11 is 6.05. The third-order valence-electron chi connectivity index (χ3n) is 3.41. The van der Waals surface area contributed by atoms with Gasteiger partial charge in [-0.05, 0) is 25.5 Å². The molecule has 5 heteroatoms. The van der Waals surface area contributed by atoms with E-state index in [1.54, 1.807) is 30.1 Å². The normalized spacial score (nSPS) is 23.1. The van der Waals surface area contributed by atoms with E-state index in [0.29, 0.717) is 22.9 Å². The molecular formula is C13H17ClN2O2. The van der Waals surface area contributed by atoms with Crippen molar-refractivity contribution in [3.63, 3.8) is 0 Å². The molecule has 2 atom stereocenters. The zero-order chi connectivity index (χ0) is 13.3. The monoisotopic (exact) mass is 268 g/mol. The first-order valence-electron chi connectivity index (χ1n) is 5.95. The largest absolute Gasteiger partial charge is 0.398 e. The van der Waals surface area contributed by atoms with E-state index >= 15 is 0 Å². The van der Waals surface area contributed by atoms with Crippen molar-refractivity contribution in [2.45, 2.75) is 25.5 Å². The predicted octanol–water partition coefficient (Wildman–Crippen LogP) is 2.17. The summed E-state index contributed by atoms with van der Waals surface area (Å²) in [5.74, 6) is -0.152. The third-order valence-corrected chi connectivity index (χ3v) is 3.73. The van der Waals surface area contributed by atoms with E-state index in [2.05, 4.69) is 0 Å². The number of benzene rings is 1. The van der Waals surface area contributed by atoms with Gasteiger partial charge in [-0.1, -0.05) is 17.7 Å². The topological polar surface area (TPSA) is 55.6 Å². The lowest BCUT2D eigenvalue weighted by atomic mass is 10.1. The van der Waals surface area contributed by atoms with E-state index in [-0.39, 0.29) is 18.1 Å². The van der Waals surface area contributed by atoms with Crippen LogP contribution in [0.1, 0.15) is 23.7 Å². The van der Waals surface area contributed by atoms with Crippen LogP contribution in [0.25, 0.3) is 0 Å². The van der Waals surface area contributed by atoms with Crippen molar-refractivity contribution in [1.82, 2.24) is 4.90 Å². The Morgan fingerprint density at radius 3 is 2.83 bits per heavy atom. The highest BCUT2D eigenvalue weighted by Gasteiger charge is 2.32. The number of hydrogen-bond donors (Lipinski definition) is 1. The number of likely N-dealkylation sites (N-methyl/N-ethyl adjacent to an activating group) is 1. The highest BCUT2D eigenvalue weighted by Crippen LogP contribution is 2.26. The zero-order valence-electron chi connectivity index (χ0n) is 10.5.